The van der Waals surface area contributed by atoms with Gasteiger partial charge in [-0.2, -0.15) is 0 Å². The Morgan fingerprint density at radius 3 is 1.51 bits per heavy atom. The highest BCUT2D eigenvalue weighted by Gasteiger charge is 2.64. The molecule has 0 aliphatic rings. The third-order valence-corrected chi connectivity index (χ3v) is 5.30. The summed E-state index contributed by atoms with van der Waals surface area (Å²) >= 11 is 0. The number of ether oxygens (including phenoxy) is 3. The van der Waals surface area contributed by atoms with E-state index in [1.807, 2.05) is 0 Å². The highest BCUT2D eigenvalue weighted by Crippen LogP contribution is 2.33. The van der Waals surface area contributed by atoms with Gasteiger partial charge in [-0.1, -0.05) is 91.0 Å². The Hall–Kier alpha value is -3.15. The van der Waals surface area contributed by atoms with Crippen LogP contribution in [0.5, 0.6) is 0 Å². The molecule has 0 saturated heterocycles. The largest absolute Gasteiger partial charge is 0.477 e. The number of rotatable bonds is 13. The van der Waals surface area contributed by atoms with E-state index in [0.29, 0.717) is 16.7 Å². The van der Waals surface area contributed by atoms with E-state index in [1.165, 1.54) is 0 Å². The molecule has 0 amide bonds. The van der Waals surface area contributed by atoms with Gasteiger partial charge in [0.25, 0.3) is 5.79 Å². The van der Waals surface area contributed by atoms with Crippen LogP contribution < -0.4 is 0 Å². The first-order valence-electron chi connectivity index (χ1n) is 10.8. The van der Waals surface area contributed by atoms with Gasteiger partial charge < -0.3 is 39.7 Å². The van der Waals surface area contributed by atoms with Gasteiger partial charge in [-0.05, 0) is 16.7 Å². The van der Waals surface area contributed by atoms with Gasteiger partial charge in [0.1, 0.15) is 0 Å². The van der Waals surface area contributed by atoms with Gasteiger partial charge in [0.2, 0.25) is 0 Å². The van der Waals surface area contributed by atoms with Crippen LogP contribution in [0, 0.1) is 0 Å². The van der Waals surface area contributed by atoms with E-state index in [4.69, 9.17) is 14.2 Å². The Bertz CT molecular complexity index is 1050. The van der Waals surface area contributed by atoms with Crippen molar-refractivity contribution in [3.63, 3.8) is 0 Å². The fourth-order valence-corrected chi connectivity index (χ4v) is 3.27. The summed E-state index contributed by atoms with van der Waals surface area (Å²) in [5.74, 6) is -8.88. The first-order chi connectivity index (χ1) is 16.8. The highest BCUT2D eigenvalue weighted by molar-refractivity contribution is 5.77. The number of hydrogen-bond donors (Lipinski definition) is 5. The van der Waals surface area contributed by atoms with Crippen molar-refractivity contribution in [2.24, 2.45) is 0 Å². The van der Waals surface area contributed by atoms with Crippen LogP contribution in [-0.2, 0) is 38.8 Å². The van der Waals surface area contributed by atoms with Gasteiger partial charge in [0, 0.05) is 0 Å². The number of aliphatic carboxylic acids is 1. The maximum atomic E-state index is 12.2. The standard InChI is InChI=1S/C26H28O9/c27-22(23(28)33-16-19-10-4-1-5-11-19)25(31,34-17-20-12-6-2-7-13-20)26(32,24(29)30)35-18-21-14-8-3-9-15-21/h1-15,22-23,27-28,31-32H,16-18H2,(H,29,30)/t22-,23?,25+,26-/m1/s1. The van der Waals surface area contributed by atoms with Gasteiger partial charge in [0.05, 0.1) is 19.8 Å². The van der Waals surface area contributed by atoms with Crippen LogP contribution in [-0.4, -0.2) is 55.5 Å². The molecule has 0 fully saturated rings. The molecule has 0 radical (unpaired) electrons. The normalized spacial score (nSPS) is 16.6. The van der Waals surface area contributed by atoms with Crippen molar-refractivity contribution in [3.05, 3.63) is 108 Å². The summed E-state index contributed by atoms with van der Waals surface area (Å²) in [6, 6.07) is 25.3. The van der Waals surface area contributed by atoms with Crippen molar-refractivity contribution in [3.8, 4) is 0 Å². The molecule has 0 spiro atoms. The molecule has 35 heavy (non-hydrogen) atoms. The molecule has 3 aromatic carbocycles. The fraction of sp³-hybridized carbons (Fsp3) is 0.269. The van der Waals surface area contributed by atoms with E-state index < -0.39 is 43.2 Å². The van der Waals surface area contributed by atoms with E-state index in [2.05, 4.69) is 0 Å². The number of carbonyl (C=O) groups is 1. The molecule has 0 aromatic heterocycles. The first kappa shape index (κ1) is 26.5. The minimum atomic E-state index is -3.49. The third kappa shape index (κ3) is 6.50. The maximum Gasteiger partial charge on any atom is 0.370 e. The quantitative estimate of drug-likeness (QED) is 0.229. The molecular weight excluding hydrogens is 456 g/mol. The van der Waals surface area contributed by atoms with Crippen LogP contribution >= 0.6 is 0 Å². The molecule has 0 bridgehead atoms. The topological polar surface area (TPSA) is 146 Å². The summed E-state index contributed by atoms with van der Waals surface area (Å²) in [5, 5.41) is 53.5. The average Bonchev–Trinajstić information content (AvgIpc) is 2.90. The molecule has 5 N–H and O–H groups in total. The van der Waals surface area contributed by atoms with E-state index in [0.717, 1.165) is 0 Å². The van der Waals surface area contributed by atoms with Gasteiger partial charge in [-0.25, -0.2) is 4.79 Å². The van der Waals surface area contributed by atoms with E-state index >= 15 is 0 Å². The lowest BCUT2D eigenvalue weighted by Gasteiger charge is -2.42. The van der Waals surface area contributed by atoms with Crippen LogP contribution in [0.1, 0.15) is 16.7 Å². The predicted octanol–water partition coefficient (Wildman–Crippen LogP) is 1.78. The van der Waals surface area contributed by atoms with Gasteiger partial charge in [-0.3, -0.25) is 0 Å². The Labute approximate surface area is 202 Å². The molecule has 0 aliphatic carbocycles. The van der Waals surface area contributed by atoms with Crippen LogP contribution in [0.2, 0.25) is 0 Å². The molecule has 0 heterocycles. The molecule has 9 nitrogen and oxygen atoms in total. The Morgan fingerprint density at radius 1 is 0.686 bits per heavy atom. The van der Waals surface area contributed by atoms with Crippen LogP contribution in [0.25, 0.3) is 0 Å². The molecular formula is C26H28O9. The SMILES string of the molecule is O=C(O)[C@@](O)(OCc1ccccc1)[C@@](O)(OCc1ccccc1)[C@H](O)C(O)OCc1ccccc1. The highest BCUT2D eigenvalue weighted by atomic mass is 16.7. The lowest BCUT2D eigenvalue weighted by Crippen LogP contribution is -2.70. The summed E-state index contributed by atoms with van der Waals surface area (Å²) in [4.78, 5) is 12.2. The molecule has 4 atom stereocenters. The summed E-state index contributed by atoms with van der Waals surface area (Å²) in [6.07, 6.45) is -4.60. The predicted molar refractivity (Wildman–Crippen MR) is 123 cm³/mol. The molecule has 0 aliphatic heterocycles. The Balaban J connectivity index is 1.87. The van der Waals surface area contributed by atoms with Crippen LogP contribution in [0.4, 0.5) is 0 Å². The van der Waals surface area contributed by atoms with E-state index in [9.17, 15) is 30.3 Å². The van der Waals surface area contributed by atoms with Crippen LogP contribution in [0.3, 0.4) is 0 Å². The smallest absolute Gasteiger partial charge is 0.370 e. The molecule has 3 rings (SSSR count). The van der Waals surface area contributed by atoms with Crippen molar-refractivity contribution in [1.29, 1.82) is 0 Å². The van der Waals surface area contributed by atoms with Gasteiger partial charge >= 0.3 is 11.8 Å². The minimum Gasteiger partial charge on any atom is -0.477 e. The fourth-order valence-electron chi connectivity index (χ4n) is 3.27. The average molecular weight is 485 g/mol. The maximum absolute atomic E-state index is 12.2. The molecule has 186 valence electrons. The first-order valence-corrected chi connectivity index (χ1v) is 10.8. The zero-order valence-electron chi connectivity index (χ0n) is 18.8. The van der Waals surface area contributed by atoms with Crippen LogP contribution in [0.15, 0.2) is 91.0 Å². The molecule has 0 saturated carbocycles. The van der Waals surface area contributed by atoms with E-state index in [-0.39, 0.29) is 6.61 Å². The van der Waals surface area contributed by atoms with Gasteiger partial charge in [-0.15, -0.1) is 0 Å². The zero-order valence-corrected chi connectivity index (χ0v) is 18.8. The number of hydrogen-bond acceptors (Lipinski definition) is 8. The summed E-state index contributed by atoms with van der Waals surface area (Å²) < 4.78 is 15.8. The third-order valence-electron chi connectivity index (χ3n) is 5.30. The van der Waals surface area contributed by atoms with Crippen molar-refractivity contribution in [2.45, 2.75) is 43.8 Å². The Morgan fingerprint density at radius 2 is 1.09 bits per heavy atom. The number of carboxylic acid groups (broad SMARTS) is 1. The minimum absolute atomic E-state index is 0.176. The zero-order chi connectivity index (χ0) is 25.3. The van der Waals surface area contributed by atoms with Crippen molar-refractivity contribution >= 4 is 5.97 Å². The van der Waals surface area contributed by atoms with E-state index in [1.54, 1.807) is 91.0 Å². The van der Waals surface area contributed by atoms with Crippen molar-refractivity contribution in [2.75, 3.05) is 0 Å². The second kappa shape index (κ2) is 12.0. The lowest BCUT2D eigenvalue weighted by atomic mass is 9.98. The van der Waals surface area contributed by atoms with Gasteiger partial charge in [0.15, 0.2) is 12.4 Å². The second-order valence-corrected chi connectivity index (χ2v) is 7.83. The Kier molecular flexibility index (Phi) is 9.07. The monoisotopic (exact) mass is 484 g/mol. The lowest BCUT2D eigenvalue weighted by molar-refractivity contribution is -0.419. The molecule has 3 aromatic rings. The number of aliphatic hydroxyl groups is 4. The number of aliphatic hydroxyl groups excluding tert-OH is 2. The molecule has 1 unspecified atom stereocenters. The summed E-state index contributed by atoms with van der Waals surface area (Å²) in [6.45, 7) is -1.05. The second-order valence-electron chi connectivity index (χ2n) is 7.83. The molecule has 9 heteroatoms. The number of carboxylic acids is 1. The summed E-state index contributed by atoms with van der Waals surface area (Å²) in [5.41, 5.74) is 1.61. The van der Waals surface area contributed by atoms with Crippen molar-refractivity contribution in [1.82, 2.24) is 0 Å². The number of benzene rings is 3. The summed E-state index contributed by atoms with van der Waals surface area (Å²) in [7, 11) is 0. The van der Waals surface area contributed by atoms with Crippen molar-refractivity contribution < 1.29 is 44.5 Å².